The molecule has 2 heterocycles. The van der Waals surface area contributed by atoms with Crippen LogP contribution in [0.4, 0.5) is 0 Å². The Morgan fingerprint density at radius 2 is 1.36 bits per heavy atom. The number of hydrogen-bond donors (Lipinski definition) is 1. The Balaban J connectivity index is 1.60. The predicted molar refractivity (Wildman–Crippen MR) is 59.3 cm³/mol. The Labute approximate surface area is 87.2 Å². The van der Waals surface area contributed by atoms with Crippen molar-refractivity contribution in [3.8, 4) is 0 Å². The highest BCUT2D eigenvalue weighted by Crippen LogP contribution is 2.10. The second-order valence-electron chi connectivity index (χ2n) is 4.73. The first-order valence-electron chi connectivity index (χ1n) is 6.05. The Bertz CT molecular complexity index is 158. The molecular weight excluding hydrogens is 174 g/mol. The third-order valence-electron chi connectivity index (χ3n) is 3.56. The second-order valence-corrected chi connectivity index (χ2v) is 4.73. The molecule has 2 fully saturated rings. The molecule has 0 aromatic heterocycles. The Morgan fingerprint density at radius 3 is 1.93 bits per heavy atom. The molecule has 3 heteroatoms. The topological polar surface area (TPSA) is 32.5 Å². The molecule has 0 amide bonds. The van der Waals surface area contributed by atoms with Gasteiger partial charge in [0.25, 0.3) is 0 Å². The molecule has 2 aliphatic rings. The van der Waals surface area contributed by atoms with E-state index in [-0.39, 0.29) is 0 Å². The quantitative estimate of drug-likeness (QED) is 0.715. The first kappa shape index (κ1) is 10.4. The van der Waals surface area contributed by atoms with Crippen molar-refractivity contribution in [2.24, 2.45) is 5.73 Å². The fourth-order valence-electron chi connectivity index (χ4n) is 2.47. The summed E-state index contributed by atoms with van der Waals surface area (Å²) >= 11 is 0. The standard InChI is InChI=1S/C11H23N3/c12-11-3-7-14(8-4-11)10-9-13-5-1-2-6-13/h11H,1-10,12H2. The molecule has 82 valence electrons. The molecule has 0 atom stereocenters. The third-order valence-corrected chi connectivity index (χ3v) is 3.56. The largest absolute Gasteiger partial charge is 0.328 e. The van der Waals surface area contributed by atoms with Gasteiger partial charge in [-0.3, -0.25) is 0 Å². The summed E-state index contributed by atoms with van der Waals surface area (Å²) in [4.78, 5) is 5.16. The minimum atomic E-state index is 0.470. The fourth-order valence-corrected chi connectivity index (χ4v) is 2.47. The molecule has 2 aliphatic heterocycles. The van der Waals surface area contributed by atoms with Crippen LogP contribution in [-0.2, 0) is 0 Å². The first-order valence-corrected chi connectivity index (χ1v) is 6.05. The minimum Gasteiger partial charge on any atom is -0.328 e. The van der Waals surface area contributed by atoms with Crippen LogP contribution in [0.5, 0.6) is 0 Å². The van der Waals surface area contributed by atoms with Gasteiger partial charge in [0, 0.05) is 19.1 Å². The third kappa shape index (κ3) is 2.94. The number of rotatable bonds is 3. The van der Waals surface area contributed by atoms with E-state index in [9.17, 15) is 0 Å². The normalized spacial score (nSPS) is 27.2. The number of hydrogen-bond acceptors (Lipinski definition) is 3. The fraction of sp³-hybridized carbons (Fsp3) is 1.00. The smallest absolute Gasteiger partial charge is 0.0109 e. The summed E-state index contributed by atoms with van der Waals surface area (Å²) in [7, 11) is 0. The summed E-state index contributed by atoms with van der Waals surface area (Å²) in [5.74, 6) is 0. The zero-order valence-corrected chi connectivity index (χ0v) is 9.12. The van der Waals surface area contributed by atoms with Gasteiger partial charge in [-0.25, -0.2) is 0 Å². The van der Waals surface area contributed by atoms with Crippen LogP contribution in [0.2, 0.25) is 0 Å². The molecule has 0 spiro atoms. The van der Waals surface area contributed by atoms with Crippen LogP contribution in [-0.4, -0.2) is 55.1 Å². The lowest BCUT2D eigenvalue weighted by atomic mass is 10.1. The molecule has 0 aromatic carbocycles. The van der Waals surface area contributed by atoms with E-state index in [1.165, 1.54) is 65.0 Å². The SMILES string of the molecule is NC1CCN(CCN2CCCC2)CC1. The summed E-state index contributed by atoms with van der Waals surface area (Å²) in [5.41, 5.74) is 5.88. The second kappa shape index (κ2) is 5.10. The molecule has 0 radical (unpaired) electrons. The summed E-state index contributed by atoms with van der Waals surface area (Å²) in [6, 6.07) is 0.470. The number of piperidine rings is 1. The van der Waals surface area contributed by atoms with Crippen molar-refractivity contribution in [1.82, 2.24) is 9.80 Å². The van der Waals surface area contributed by atoms with Gasteiger partial charge in [0.1, 0.15) is 0 Å². The van der Waals surface area contributed by atoms with E-state index >= 15 is 0 Å². The molecule has 2 saturated heterocycles. The zero-order valence-electron chi connectivity index (χ0n) is 9.12. The molecule has 3 nitrogen and oxygen atoms in total. The molecule has 0 aliphatic carbocycles. The van der Waals surface area contributed by atoms with Crippen molar-refractivity contribution < 1.29 is 0 Å². The van der Waals surface area contributed by atoms with E-state index < -0.39 is 0 Å². The Morgan fingerprint density at radius 1 is 0.857 bits per heavy atom. The molecule has 0 bridgehead atoms. The first-order chi connectivity index (χ1) is 6.84. The van der Waals surface area contributed by atoms with Crippen LogP contribution in [0.25, 0.3) is 0 Å². The van der Waals surface area contributed by atoms with Gasteiger partial charge < -0.3 is 15.5 Å². The van der Waals surface area contributed by atoms with Crippen LogP contribution >= 0.6 is 0 Å². The van der Waals surface area contributed by atoms with Crippen LogP contribution in [0.1, 0.15) is 25.7 Å². The van der Waals surface area contributed by atoms with Crippen LogP contribution in [0, 0.1) is 0 Å². The monoisotopic (exact) mass is 197 g/mol. The van der Waals surface area contributed by atoms with Crippen LogP contribution in [0.15, 0.2) is 0 Å². The average molecular weight is 197 g/mol. The molecule has 2 N–H and O–H groups in total. The van der Waals surface area contributed by atoms with E-state index in [1.807, 2.05) is 0 Å². The minimum absolute atomic E-state index is 0.470. The van der Waals surface area contributed by atoms with E-state index in [4.69, 9.17) is 5.73 Å². The highest BCUT2D eigenvalue weighted by Gasteiger charge is 2.17. The number of nitrogens with two attached hydrogens (primary N) is 1. The summed E-state index contributed by atoms with van der Waals surface area (Å²) in [6.07, 6.45) is 5.20. The van der Waals surface area contributed by atoms with Gasteiger partial charge in [0.2, 0.25) is 0 Å². The van der Waals surface area contributed by atoms with Gasteiger partial charge in [-0.2, -0.15) is 0 Å². The maximum Gasteiger partial charge on any atom is 0.0109 e. The van der Waals surface area contributed by atoms with Crippen molar-refractivity contribution in [3.05, 3.63) is 0 Å². The summed E-state index contributed by atoms with van der Waals surface area (Å²) in [6.45, 7) is 7.62. The van der Waals surface area contributed by atoms with E-state index in [2.05, 4.69) is 9.80 Å². The lowest BCUT2D eigenvalue weighted by molar-refractivity contribution is 0.186. The van der Waals surface area contributed by atoms with Gasteiger partial charge >= 0.3 is 0 Å². The molecule has 2 rings (SSSR count). The molecule has 0 aromatic rings. The van der Waals surface area contributed by atoms with Gasteiger partial charge in [0.15, 0.2) is 0 Å². The molecule has 14 heavy (non-hydrogen) atoms. The summed E-state index contributed by atoms with van der Waals surface area (Å²) < 4.78 is 0. The van der Waals surface area contributed by atoms with E-state index in [0.717, 1.165) is 0 Å². The summed E-state index contributed by atoms with van der Waals surface area (Å²) in [5, 5.41) is 0. The average Bonchev–Trinajstić information content (AvgIpc) is 2.70. The van der Waals surface area contributed by atoms with Gasteiger partial charge in [-0.05, 0) is 51.9 Å². The van der Waals surface area contributed by atoms with Gasteiger partial charge in [-0.15, -0.1) is 0 Å². The van der Waals surface area contributed by atoms with E-state index in [1.54, 1.807) is 0 Å². The maximum absolute atomic E-state index is 5.88. The van der Waals surface area contributed by atoms with Crippen molar-refractivity contribution in [1.29, 1.82) is 0 Å². The Hall–Kier alpha value is -0.120. The molecule has 0 saturated carbocycles. The van der Waals surface area contributed by atoms with Crippen molar-refractivity contribution in [3.63, 3.8) is 0 Å². The van der Waals surface area contributed by atoms with Crippen molar-refractivity contribution in [2.75, 3.05) is 39.3 Å². The predicted octanol–water partition coefficient (Wildman–Crippen LogP) is 0.505. The number of nitrogens with zero attached hydrogens (tertiary/aromatic N) is 2. The lowest BCUT2D eigenvalue weighted by Gasteiger charge is -2.31. The van der Waals surface area contributed by atoms with E-state index in [0.29, 0.717) is 6.04 Å². The van der Waals surface area contributed by atoms with Gasteiger partial charge in [0.05, 0.1) is 0 Å². The maximum atomic E-state index is 5.88. The molecule has 0 unspecified atom stereocenters. The Kier molecular flexibility index (Phi) is 3.79. The van der Waals surface area contributed by atoms with Gasteiger partial charge in [-0.1, -0.05) is 0 Å². The lowest BCUT2D eigenvalue weighted by Crippen LogP contribution is -2.42. The number of likely N-dealkylation sites (tertiary alicyclic amines) is 2. The highest BCUT2D eigenvalue weighted by molar-refractivity contribution is 4.75. The van der Waals surface area contributed by atoms with Crippen molar-refractivity contribution >= 4 is 0 Å². The molecular formula is C11H23N3. The van der Waals surface area contributed by atoms with Crippen molar-refractivity contribution in [2.45, 2.75) is 31.7 Å². The van der Waals surface area contributed by atoms with Crippen LogP contribution in [0.3, 0.4) is 0 Å². The highest BCUT2D eigenvalue weighted by atomic mass is 15.2. The van der Waals surface area contributed by atoms with Crippen LogP contribution < -0.4 is 5.73 Å². The zero-order chi connectivity index (χ0) is 9.80.